The fourth-order valence-electron chi connectivity index (χ4n) is 3.76. The molecule has 36 heavy (non-hydrogen) atoms. The Balaban J connectivity index is 1.72. The van der Waals surface area contributed by atoms with Gasteiger partial charge in [0.25, 0.3) is 0 Å². The largest absolute Gasteiger partial charge is 0.433 e. The third kappa shape index (κ3) is 5.34. The van der Waals surface area contributed by atoms with Crippen LogP contribution in [0.25, 0.3) is 11.3 Å². The van der Waals surface area contributed by atoms with Crippen LogP contribution in [0.3, 0.4) is 0 Å². The van der Waals surface area contributed by atoms with Gasteiger partial charge in [-0.25, -0.2) is 19.7 Å². The normalized spacial score (nSPS) is 16.1. The fourth-order valence-corrected chi connectivity index (χ4v) is 3.76. The van der Waals surface area contributed by atoms with Gasteiger partial charge in [-0.2, -0.15) is 26.3 Å². The van der Waals surface area contributed by atoms with E-state index in [4.69, 9.17) is 0 Å². The zero-order valence-electron chi connectivity index (χ0n) is 19.0. The van der Waals surface area contributed by atoms with Gasteiger partial charge in [0.05, 0.1) is 16.9 Å². The SMILES string of the molecule is Cc1cc(C(F)(F)F)nc(NC(=O)N2c3nc(-c4cccc(C(F)(F)F)c4)ccc3NCC[C@H]2C)n1. The molecule has 1 aliphatic rings. The highest BCUT2D eigenvalue weighted by Gasteiger charge is 2.35. The number of nitrogens with zero attached hydrogens (tertiary/aromatic N) is 4. The molecule has 190 valence electrons. The molecule has 1 aromatic carbocycles. The number of carbonyl (C=O) groups excluding carboxylic acids is 1. The average molecular weight is 510 g/mol. The van der Waals surface area contributed by atoms with Crippen molar-refractivity contribution in [1.29, 1.82) is 0 Å². The van der Waals surface area contributed by atoms with E-state index in [1.165, 1.54) is 30.0 Å². The van der Waals surface area contributed by atoms with Crippen LogP contribution in [0.1, 0.15) is 30.3 Å². The first-order valence-electron chi connectivity index (χ1n) is 10.8. The second-order valence-electron chi connectivity index (χ2n) is 8.23. The highest BCUT2D eigenvalue weighted by atomic mass is 19.4. The Bertz CT molecular complexity index is 1290. The molecule has 0 aliphatic carbocycles. The number of hydrogen-bond acceptors (Lipinski definition) is 5. The van der Waals surface area contributed by atoms with Crippen LogP contribution < -0.4 is 15.5 Å². The third-order valence-corrected chi connectivity index (χ3v) is 5.49. The van der Waals surface area contributed by atoms with Crippen LogP contribution >= 0.6 is 0 Å². The van der Waals surface area contributed by atoms with Crippen LogP contribution in [0.4, 0.5) is 48.6 Å². The molecule has 0 saturated carbocycles. The molecule has 7 nitrogen and oxygen atoms in total. The molecule has 2 aromatic heterocycles. The number of urea groups is 1. The Hall–Kier alpha value is -3.90. The number of fused-ring (bicyclic) bond motifs is 1. The minimum atomic E-state index is -4.74. The molecule has 0 radical (unpaired) electrons. The molecule has 0 spiro atoms. The molecule has 4 rings (SSSR count). The molecule has 0 fully saturated rings. The number of nitrogens with one attached hydrogen (secondary N) is 2. The van der Waals surface area contributed by atoms with Crippen LogP contribution in [0.2, 0.25) is 0 Å². The summed E-state index contributed by atoms with van der Waals surface area (Å²) in [6.45, 7) is 3.51. The summed E-state index contributed by atoms with van der Waals surface area (Å²) in [5.41, 5.74) is -1.26. The molecule has 13 heteroatoms. The molecular formula is C23H20F6N6O. The van der Waals surface area contributed by atoms with Crippen LogP contribution in [-0.2, 0) is 12.4 Å². The van der Waals surface area contributed by atoms with Gasteiger partial charge in [0.15, 0.2) is 5.82 Å². The van der Waals surface area contributed by atoms with Gasteiger partial charge in [-0.1, -0.05) is 12.1 Å². The van der Waals surface area contributed by atoms with Gasteiger partial charge in [-0.15, -0.1) is 0 Å². The number of carbonyl (C=O) groups is 1. The third-order valence-electron chi connectivity index (χ3n) is 5.49. The van der Waals surface area contributed by atoms with E-state index < -0.39 is 41.6 Å². The zero-order chi connectivity index (χ0) is 26.3. The first-order valence-corrected chi connectivity index (χ1v) is 10.8. The highest BCUT2D eigenvalue weighted by molar-refractivity contribution is 6.03. The van der Waals surface area contributed by atoms with Gasteiger partial charge in [0.1, 0.15) is 5.69 Å². The van der Waals surface area contributed by atoms with E-state index in [0.717, 1.165) is 18.2 Å². The van der Waals surface area contributed by atoms with E-state index in [1.807, 2.05) is 0 Å². The maximum atomic E-state index is 13.2. The molecule has 2 amide bonds. The van der Waals surface area contributed by atoms with E-state index >= 15 is 0 Å². The van der Waals surface area contributed by atoms with Gasteiger partial charge < -0.3 is 5.32 Å². The lowest BCUT2D eigenvalue weighted by Crippen LogP contribution is -2.42. The van der Waals surface area contributed by atoms with Crippen molar-refractivity contribution in [2.75, 3.05) is 22.1 Å². The lowest BCUT2D eigenvalue weighted by Gasteiger charge is -2.27. The summed E-state index contributed by atoms with van der Waals surface area (Å²) >= 11 is 0. The summed E-state index contributed by atoms with van der Waals surface area (Å²) in [5.74, 6) is -0.427. The predicted molar refractivity (Wildman–Crippen MR) is 121 cm³/mol. The Labute approximate surface area is 201 Å². The quantitative estimate of drug-likeness (QED) is 0.406. The molecule has 1 atom stereocenters. The van der Waals surface area contributed by atoms with Gasteiger partial charge >= 0.3 is 18.4 Å². The molecule has 3 heterocycles. The average Bonchev–Trinajstić information content (AvgIpc) is 2.95. The Morgan fingerprint density at radius 1 is 1.03 bits per heavy atom. The Morgan fingerprint density at radius 3 is 2.47 bits per heavy atom. The first-order chi connectivity index (χ1) is 16.8. The van der Waals surface area contributed by atoms with Crippen molar-refractivity contribution >= 4 is 23.5 Å². The molecule has 1 aliphatic heterocycles. The van der Waals surface area contributed by atoms with Crippen molar-refractivity contribution in [2.45, 2.75) is 38.7 Å². The van der Waals surface area contributed by atoms with Crippen molar-refractivity contribution in [2.24, 2.45) is 0 Å². The Morgan fingerprint density at radius 2 is 1.78 bits per heavy atom. The van der Waals surface area contributed by atoms with Gasteiger partial charge in [0.2, 0.25) is 5.95 Å². The number of benzene rings is 1. The van der Waals surface area contributed by atoms with Crippen LogP contribution in [0, 0.1) is 6.92 Å². The Kier molecular flexibility index (Phi) is 6.50. The zero-order valence-corrected chi connectivity index (χ0v) is 19.0. The van der Waals surface area contributed by atoms with Crippen LogP contribution in [-0.4, -0.2) is 33.6 Å². The predicted octanol–water partition coefficient (Wildman–Crippen LogP) is 6.13. The maximum absolute atomic E-state index is 13.2. The van der Waals surface area contributed by atoms with E-state index in [-0.39, 0.29) is 22.8 Å². The van der Waals surface area contributed by atoms with Crippen molar-refractivity contribution in [3.05, 3.63) is 59.4 Å². The van der Waals surface area contributed by atoms with Gasteiger partial charge in [-0.05, 0) is 50.6 Å². The number of aryl methyl sites for hydroxylation is 1. The van der Waals surface area contributed by atoms with Crippen molar-refractivity contribution in [3.63, 3.8) is 0 Å². The first kappa shape index (κ1) is 25.2. The van der Waals surface area contributed by atoms with E-state index in [2.05, 4.69) is 25.6 Å². The number of aromatic nitrogens is 3. The number of rotatable bonds is 2. The second-order valence-corrected chi connectivity index (χ2v) is 8.23. The molecule has 0 saturated heterocycles. The number of anilines is 3. The fraction of sp³-hybridized carbons (Fsp3) is 0.304. The molecular weight excluding hydrogens is 490 g/mol. The molecule has 3 aromatic rings. The van der Waals surface area contributed by atoms with Crippen molar-refractivity contribution in [1.82, 2.24) is 15.0 Å². The number of amides is 2. The van der Waals surface area contributed by atoms with Gasteiger partial charge in [0, 0.05) is 23.8 Å². The van der Waals surface area contributed by atoms with E-state index in [1.54, 1.807) is 13.0 Å². The minimum Gasteiger partial charge on any atom is -0.382 e. The van der Waals surface area contributed by atoms with Crippen LogP contribution in [0.5, 0.6) is 0 Å². The van der Waals surface area contributed by atoms with E-state index in [0.29, 0.717) is 18.7 Å². The smallest absolute Gasteiger partial charge is 0.382 e. The lowest BCUT2D eigenvalue weighted by molar-refractivity contribution is -0.141. The maximum Gasteiger partial charge on any atom is 0.433 e. The summed E-state index contributed by atoms with van der Waals surface area (Å²) in [5, 5.41) is 5.41. The summed E-state index contributed by atoms with van der Waals surface area (Å²) in [6, 6.07) is 7.17. The summed E-state index contributed by atoms with van der Waals surface area (Å²) < 4.78 is 79.1. The van der Waals surface area contributed by atoms with Crippen molar-refractivity contribution in [3.8, 4) is 11.3 Å². The molecule has 2 N–H and O–H groups in total. The van der Waals surface area contributed by atoms with Crippen LogP contribution in [0.15, 0.2) is 42.5 Å². The van der Waals surface area contributed by atoms with Gasteiger partial charge in [-0.3, -0.25) is 10.2 Å². The number of pyridine rings is 1. The molecule has 0 unspecified atom stereocenters. The number of halogens is 6. The monoisotopic (exact) mass is 510 g/mol. The topological polar surface area (TPSA) is 83.0 Å². The lowest BCUT2D eigenvalue weighted by atomic mass is 10.1. The second kappa shape index (κ2) is 9.28. The number of hydrogen-bond donors (Lipinski definition) is 2. The minimum absolute atomic E-state index is 0.00330. The van der Waals surface area contributed by atoms with E-state index in [9.17, 15) is 31.1 Å². The summed E-state index contributed by atoms with van der Waals surface area (Å²) in [6.07, 6.45) is -8.82. The highest BCUT2D eigenvalue weighted by Crippen LogP contribution is 2.35. The number of alkyl halides is 6. The summed E-state index contributed by atoms with van der Waals surface area (Å²) in [7, 11) is 0. The van der Waals surface area contributed by atoms with Crippen molar-refractivity contribution < 1.29 is 31.1 Å². The molecule has 0 bridgehead atoms. The summed E-state index contributed by atoms with van der Waals surface area (Å²) in [4.78, 5) is 26.2. The standard InChI is InChI=1S/C23H20F6N6O/c1-12-10-18(23(27,28)29)33-20(31-12)34-21(36)35-13(2)8-9-30-17-7-6-16(32-19(17)35)14-4-3-5-15(11-14)22(24,25)26/h3-7,10-11,13,30H,8-9H2,1-2H3,(H,31,33,34,36)/t13-/m1/s1.